The largest absolute Gasteiger partial charge is 0.346 e. The molecule has 2 aliphatic rings. The van der Waals surface area contributed by atoms with Crippen molar-refractivity contribution in [3.63, 3.8) is 0 Å². The van der Waals surface area contributed by atoms with E-state index in [0.29, 0.717) is 13.1 Å². The van der Waals surface area contributed by atoms with Gasteiger partial charge in [-0.25, -0.2) is 13.4 Å². The SMILES string of the molecule is NC1CCCc2nc(N3CCS(=O)(=O)CC3)sc21. The van der Waals surface area contributed by atoms with E-state index in [0.717, 1.165) is 30.1 Å². The second kappa shape index (κ2) is 4.47. The maximum Gasteiger partial charge on any atom is 0.185 e. The van der Waals surface area contributed by atoms with Crippen LogP contribution in [-0.2, 0) is 16.3 Å². The molecule has 2 heterocycles. The van der Waals surface area contributed by atoms with E-state index in [2.05, 4.69) is 9.88 Å². The summed E-state index contributed by atoms with van der Waals surface area (Å²) in [5, 5.41) is 0.951. The van der Waals surface area contributed by atoms with Crippen LogP contribution in [0.5, 0.6) is 0 Å². The highest BCUT2D eigenvalue weighted by Crippen LogP contribution is 2.36. The highest BCUT2D eigenvalue weighted by atomic mass is 32.2. The summed E-state index contributed by atoms with van der Waals surface area (Å²) in [4.78, 5) is 7.92. The molecular weight excluding hydrogens is 270 g/mol. The van der Waals surface area contributed by atoms with E-state index >= 15 is 0 Å². The van der Waals surface area contributed by atoms with Gasteiger partial charge in [0.15, 0.2) is 15.0 Å². The molecule has 7 heteroatoms. The van der Waals surface area contributed by atoms with Crippen LogP contribution in [0.25, 0.3) is 0 Å². The summed E-state index contributed by atoms with van der Waals surface area (Å²) in [5.41, 5.74) is 7.22. The van der Waals surface area contributed by atoms with Gasteiger partial charge in [-0.05, 0) is 19.3 Å². The Morgan fingerprint density at radius 3 is 2.72 bits per heavy atom. The summed E-state index contributed by atoms with van der Waals surface area (Å²) < 4.78 is 22.8. The molecule has 0 radical (unpaired) electrons. The molecule has 0 amide bonds. The van der Waals surface area contributed by atoms with Crippen molar-refractivity contribution in [2.45, 2.75) is 25.3 Å². The fraction of sp³-hybridized carbons (Fsp3) is 0.727. The lowest BCUT2D eigenvalue weighted by atomic mass is 9.99. The number of hydrogen-bond acceptors (Lipinski definition) is 6. The number of hydrogen-bond donors (Lipinski definition) is 1. The van der Waals surface area contributed by atoms with Gasteiger partial charge in [-0.2, -0.15) is 0 Å². The molecular formula is C11H17N3O2S2. The predicted molar refractivity (Wildman–Crippen MR) is 72.8 cm³/mol. The second-order valence-corrected chi connectivity index (χ2v) is 8.26. The maximum atomic E-state index is 11.4. The van der Waals surface area contributed by atoms with Gasteiger partial charge in [-0.15, -0.1) is 0 Å². The Morgan fingerprint density at radius 2 is 2.06 bits per heavy atom. The Labute approximate surface area is 111 Å². The molecule has 3 rings (SSSR count). The normalized spacial score (nSPS) is 26.9. The van der Waals surface area contributed by atoms with Crippen LogP contribution in [-0.4, -0.2) is 38.0 Å². The Kier molecular flexibility index (Phi) is 3.07. The van der Waals surface area contributed by atoms with Gasteiger partial charge in [0, 0.05) is 24.0 Å². The van der Waals surface area contributed by atoms with Crippen LogP contribution in [0.1, 0.15) is 29.5 Å². The summed E-state index contributed by atoms with van der Waals surface area (Å²) in [7, 11) is -2.83. The van der Waals surface area contributed by atoms with Crippen LogP contribution in [0.15, 0.2) is 0 Å². The molecule has 5 nitrogen and oxygen atoms in total. The molecule has 1 aliphatic carbocycles. The van der Waals surface area contributed by atoms with Gasteiger partial charge in [0.1, 0.15) is 0 Å². The minimum Gasteiger partial charge on any atom is -0.346 e. The average Bonchev–Trinajstić information content (AvgIpc) is 2.74. The van der Waals surface area contributed by atoms with Crippen molar-refractivity contribution < 1.29 is 8.42 Å². The molecule has 0 spiro atoms. The van der Waals surface area contributed by atoms with E-state index in [1.54, 1.807) is 11.3 Å². The van der Waals surface area contributed by atoms with Crippen LogP contribution in [0, 0.1) is 0 Å². The lowest BCUT2D eigenvalue weighted by Gasteiger charge is -2.25. The molecule has 1 unspecified atom stereocenters. The second-order valence-electron chi connectivity index (χ2n) is 4.94. The van der Waals surface area contributed by atoms with Gasteiger partial charge in [0.25, 0.3) is 0 Å². The lowest BCUT2D eigenvalue weighted by Crippen LogP contribution is -2.40. The lowest BCUT2D eigenvalue weighted by molar-refractivity contribution is 0.573. The van der Waals surface area contributed by atoms with E-state index in [-0.39, 0.29) is 17.5 Å². The van der Waals surface area contributed by atoms with E-state index in [1.165, 1.54) is 4.88 Å². The molecule has 18 heavy (non-hydrogen) atoms. The molecule has 1 atom stereocenters. The standard InChI is InChI=1S/C11H17N3O2S2/c12-8-2-1-3-9-10(8)17-11(13-9)14-4-6-18(15,16)7-5-14/h8H,1-7,12H2. The zero-order valence-electron chi connectivity index (χ0n) is 10.1. The number of thiazole rings is 1. The predicted octanol–water partition coefficient (Wildman–Crippen LogP) is 0.714. The maximum absolute atomic E-state index is 11.4. The molecule has 2 N–H and O–H groups in total. The third-order valence-corrected chi connectivity index (χ3v) is 6.50. The van der Waals surface area contributed by atoms with Crippen molar-refractivity contribution in [2.24, 2.45) is 5.73 Å². The van der Waals surface area contributed by atoms with Gasteiger partial charge >= 0.3 is 0 Å². The highest BCUT2D eigenvalue weighted by molar-refractivity contribution is 7.91. The molecule has 1 aromatic heterocycles. The molecule has 1 fully saturated rings. The third-order valence-electron chi connectivity index (χ3n) is 3.60. The fourth-order valence-electron chi connectivity index (χ4n) is 2.48. The van der Waals surface area contributed by atoms with Crippen molar-refractivity contribution >= 4 is 26.3 Å². The van der Waals surface area contributed by atoms with Crippen molar-refractivity contribution in [2.75, 3.05) is 29.5 Å². The Bertz CT molecular complexity index is 539. The van der Waals surface area contributed by atoms with Gasteiger partial charge in [0.2, 0.25) is 0 Å². The first-order valence-electron chi connectivity index (χ1n) is 6.26. The zero-order chi connectivity index (χ0) is 12.8. The highest BCUT2D eigenvalue weighted by Gasteiger charge is 2.27. The van der Waals surface area contributed by atoms with Crippen LogP contribution in [0.4, 0.5) is 5.13 Å². The van der Waals surface area contributed by atoms with Gasteiger partial charge < -0.3 is 10.6 Å². The number of anilines is 1. The number of sulfone groups is 1. The van der Waals surface area contributed by atoms with E-state index in [1.807, 2.05) is 0 Å². The Balaban J connectivity index is 1.82. The third kappa shape index (κ3) is 2.26. The number of aryl methyl sites for hydroxylation is 1. The summed E-state index contributed by atoms with van der Waals surface area (Å²) >= 11 is 1.65. The fourth-order valence-corrected chi connectivity index (χ4v) is 4.88. The van der Waals surface area contributed by atoms with E-state index in [4.69, 9.17) is 5.73 Å². The zero-order valence-corrected chi connectivity index (χ0v) is 11.8. The summed E-state index contributed by atoms with van der Waals surface area (Å²) in [6, 6.07) is 0.119. The Hall–Kier alpha value is -0.660. The molecule has 100 valence electrons. The molecule has 0 bridgehead atoms. The van der Waals surface area contributed by atoms with Crippen molar-refractivity contribution in [1.82, 2.24) is 4.98 Å². The number of nitrogens with two attached hydrogens (primary N) is 1. The topological polar surface area (TPSA) is 76.3 Å². The summed E-state index contributed by atoms with van der Waals surface area (Å²) in [6.45, 7) is 1.12. The van der Waals surface area contributed by atoms with E-state index < -0.39 is 9.84 Å². The first kappa shape index (κ1) is 12.4. The molecule has 1 aliphatic heterocycles. The number of rotatable bonds is 1. The van der Waals surface area contributed by atoms with Crippen LogP contribution >= 0.6 is 11.3 Å². The molecule has 0 saturated carbocycles. The van der Waals surface area contributed by atoms with Gasteiger partial charge in [-0.1, -0.05) is 11.3 Å². The minimum atomic E-state index is -2.83. The molecule has 1 aromatic rings. The first-order chi connectivity index (χ1) is 8.55. The Morgan fingerprint density at radius 1 is 1.33 bits per heavy atom. The van der Waals surface area contributed by atoms with Gasteiger partial charge in [0.05, 0.1) is 17.2 Å². The van der Waals surface area contributed by atoms with Crippen molar-refractivity contribution in [1.29, 1.82) is 0 Å². The van der Waals surface area contributed by atoms with Crippen LogP contribution < -0.4 is 10.6 Å². The molecule has 1 saturated heterocycles. The minimum absolute atomic E-state index is 0.119. The number of fused-ring (bicyclic) bond motifs is 1. The molecule has 0 aromatic carbocycles. The quantitative estimate of drug-likeness (QED) is 0.823. The van der Waals surface area contributed by atoms with Crippen LogP contribution in [0.3, 0.4) is 0 Å². The van der Waals surface area contributed by atoms with Crippen molar-refractivity contribution in [3.8, 4) is 0 Å². The average molecular weight is 287 g/mol. The van der Waals surface area contributed by atoms with Crippen LogP contribution in [0.2, 0.25) is 0 Å². The van der Waals surface area contributed by atoms with E-state index in [9.17, 15) is 8.42 Å². The van der Waals surface area contributed by atoms with Crippen molar-refractivity contribution in [3.05, 3.63) is 10.6 Å². The summed E-state index contributed by atoms with van der Waals surface area (Å²) in [5.74, 6) is 0.479. The number of aromatic nitrogens is 1. The summed E-state index contributed by atoms with van der Waals surface area (Å²) in [6.07, 6.45) is 3.14. The monoisotopic (exact) mass is 287 g/mol. The smallest absolute Gasteiger partial charge is 0.185 e. The first-order valence-corrected chi connectivity index (χ1v) is 8.89. The van der Waals surface area contributed by atoms with Gasteiger partial charge in [-0.3, -0.25) is 0 Å². The number of nitrogens with zero attached hydrogens (tertiary/aromatic N) is 2.